The molecule has 0 aromatic heterocycles. The average molecular weight is 716 g/mol. The molecule has 10 rings (SSSR count). The van der Waals surface area contributed by atoms with Crippen LogP contribution in [0.15, 0.2) is 217 Å². The van der Waals surface area contributed by atoms with E-state index in [-0.39, 0.29) is 0 Å². The lowest BCUT2D eigenvalue weighted by Crippen LogP contribution is -2.36. The van der Waals surface area contributed by atoms with Crippen molar-refractivity contribution in [3.8, 4) is 22.3 Å². The molecule has 0 atom stereocenters. The Balaban J connectivity index is 1.17. The van der Waals surface area contributed by atoms with Gasteiger partial charge in [-0.2, -0.15) is 0 Å². The lowest BCUT2D eigenvalue weighted by atomic mass is 9.64. The standard InChI is InChI=1S/C53H37N3/c54-49(40-30-28-39(29-31-40)38-18-6-2-7-19-38)35-50(55-36-37-16-4-1-5-17-37)41-32-33-44-43-22-10-11-23-45(43)53(48(44)34-41)46-24-12-14-26-51(46)56(42-20-8-3-9-21-42)52-27-15-13-25-47(52)53/h1-36,54H/b50-35-,54-49?,55-36+. The van der Waals surface area contributed by atoms with E-state index in [0.29, 0.717) is 5.71 Å². The number of fused-ring (bicyclic) bond motifs is 9. The smallest absolute Gasteiger partial charge is 0.0754 e. The summed E-state index contributed by atoms with van der Waals surface area (Å²) >= 11 is 0. The van der Waals surface area contributed by atoms with Crippen LogP contribution in [-0.4, -0.2) is 11.9 Å². The first-order valence-electron chi connectivity index (χ1n) is 19.0. The van der Waals surface area contributed by atoms with Gasteiger partial charge < -0.3 is 10.3 Å². The molecule has 1 aliphatic heterocycles. The molecule has 8 aromatic rings. The molecule has 1 heterocycles. The third-order valence-electron chi connectivity index (χ3n) is 11.2. The van der Waals surface area contributed by atoms with E-state index in [4.69, 9.17) is 4.99 Å². The van der Waals surface area contributed by atoms with Crippen LogP contribution in [0.1, 0.15) is 38.9 Å². The van der Waals surface area contributed by atoms with Gasteiger partial charge in [-0.3, -0.25) is 4.99 Å². The summed E-state index contributed by atoms with van der Waals surface area (Å²) in [6.07, 6.45) is 3.81. The van der Waals surface area contributed by atoms with Crippen molar-refractivity contribution in [2.24, 2.45) is 4.99 Å². The fraction of sp³-hybridized carbons (Fsp3) is 0.0189. The molecule has 0 unspecified atom stereocenters. The Morgan fingerprint density at radius 1 is 0.464 bits per heavy atom. The predicted molar refractivity (Wildman–Crippen MR) is 233 cm³/mol. The number of hydrogen-bond acceptors (Lipinski definition) is 3. The Bertz CT molecular complexity index is 2750. The monoisotopic (exact) mass is 715 g/mol. The first-order chi connectivity index (χ1) is 27.7. The Labute approximate surface area is 327 Å². The zero-order valence-electron chi connectivity index (χ0n) is 30.7. The maximum absolute atomic E-state index is 9.36. The maximum atomic E-state index is 9.36. The molecule has 3 heteroatoms. The second-order valence-electron chi connectivity index (χ2n) is 14.3. The van der Waals surface area contributed by atoms with E-state index in [2.05, 4.69) is 163 Å². The second-order valence-corrected chi connectivity index (χ2v) is 14.3. The minimum absolute atomic E-state index is 0.398. The van der Waals surface area contributed by atoms with E-state index in [9.17, 15) is 5.41 Å². The summed E-state index contributed by atoms with van der Waals surface area (Å²) in [6, 6.07) is 72.8. The van der Waals surface area contributed by atoms with Crippen LogP contribution < -0.4 is 4.90 Å². The lowest BCUT2D eigenvalue weighted by Gasteiger charge is -2.45. The molecular formula is C53H37N3. The van der Waals surface area contributed by atoms with Gasteiger partial charge in [-0.15, -0.1) is 0 Å². The summed E-state index contributed by atoms with van der Waals surface area (Å²) in [5, 5.41) is 9.36. The maximum Gasteiger partial charge on any atom is 0.0754 e. The second kappa shape index (κ2) is 13.8. The van der Waals surface area contributed by atoms with E-state index >= 15 is 0 Å². The molecular weight excluding hydrogens is 679 g/mol. The van der Waals surface area contributed by atoms with Gasteiger partial charge in [-0.05, 0) is 92.0 Å². The van der Waals surface area contributed by atoms with Crippen LogP contribution in [0.25, 0.3) is 28.0 Å². The van der Waals surface area contributed by atoms with Crippen molar-refractivity contribution in [1.29, 1.82) is 5.41 Å². The van der Waals surface area contributed by atoms with Gasteiger partial charge in [0.2, 0.25) is 0 Å². The highest BCUT2D eigenvalue weighted by Gasteiger charge is 2.51. The fourth-order valence-corrected chi connectivity index (χ4v) is 8.69. The predicted octanol–water partition coefficient (Wildman–Crippen LogP) is 13.0. The van der Waals surface area contributed by atoms with Crippen molar-refractivity contribution in [2.45, 2.75) is 5.41 Å². The number of para-hydroxylation sites is 3. The molecule has 1 N–H and O–H groups in total. The molecule has 0 amide bonds. The quantitative estimate of drug-likeness (QED) is 0.164. The summed E-state index contributed by atoms with van der Waals surface area (Å²) < 4.78 is 0. The number of anilines is 3. The number of nitrogens with zero attached hydrogens (tertiary/aromatic N) is 2. The van der Waals surface area contributed by atoms with E-state index in [1.54, 1.807) is 0 Å². The molecule has 0 saturated heterocycles. The number of rotatable bonds is 7. The normalized spacial score (nSPS) is 13.6. The number of aliphatic imine (C=N–C) groups is 1. The van der Waals surface area contributed by atoms with Crippen LogP contribution >= 0.6 is 0 Å². The SMILES string of the molecule is N=C(/C=C(\N=C\c1ccccc1)c1ccc2c(c1)C1(c3ccccc3-2)c2ccccc2N(c2ccccc2)c2ccccc21)c1ccc(-c2ccccc2)cc1. The van der Waals surface area contributed by atoms with Gasteiger partial charge in [0.05, 0.1) is 28.2 Å². The van der Waals surface area contributed by atoms with Crippen LogP contribution in [-0.2, 0) is 5.41 Å². The summed E-state index contributed by atoms with van der Waals surface area (Å²) in [5.41, 5.74) is 16.4. The van der Waals surface area contributed by atoms with Crippen molar-refractivity contribution in [3.63, 3.8) is 0 Å². The third kappa shape index (κ3) is 5.44. The summed E-state index contributed by atoms with van der Waals surface area (Å²) in [4.78, 5) is 7.53. The molecule has 2 aliphatic rings. The molecule has 3 nitrogen and oxygen atoms in total. The van der Waals surface area contributed by atoms with Crippen molar-refractivity contribution in [2.75, 3.05) is 4.90 Å². The summed E-state index contributed by atoms with van der Waals surface area (Å²) in [6.45, 7) is 0. The number of hydrogen-bond donors (Lipinski definition) is 1. The van der Waals surface area contributed by atoms with Crippen LogP contribution in [0.3, 0.4) is 0 Å². The van der Waals surface area contributed by atoms with Crippen molar-refractivity contribution in [1.82, 2.24) is 0 Å². The molecule has 0 saturated carbocycles. The third-order valence-corrected chi connectivity index (χ3v) is 11.2. The highest BCUT2D eigenvalue weighted by molar-refractivity contribution is 6.11. The summed E-state index contributed by atoms with van der Waals surface area (Å²) in [5.74, 6) is 0. The first-order valence-corrected chi connectivity index (χ1v) is 19.0. The molecule has 8 aromatic carbocycles. The van der Waals surface area contributed by atoms with Crippen LogP contribution in [0.4, 0.5) is 17.1 Å². The highest BCUT2D eigenvalue weighted by Crippen LogP contribution is 2.63. The number of allylic oxidation sites excluding steroid dienone is 1. The Morgan fingerprint density at radius 2 is 0.982 bits per heavy atom. The lowest BCUT2D eigenvalue weighted by molar-refractivity contribution is 0.752. The largest absolute Gasteiger partial charge is 0.310 e. The molecule has 1 aliphatic carbocycles. The van der Waals surface area contributed by atoms with E-state index in [1.165, 1.54) is 33.4 Å². The van der Waals surface area contributed by atoms with Gasteiger partial charge in [0.1, 0.15) is 0 Å². The van der Waals surface area contributed by atoms with Crippen LogP contribution in [0, 0.1) is 5.41 Å². The number of benzene rings is 8. The first kappa shape index (κ1) is 33.2. The summed E-state index contributed by atoms with van der Waals surface area (Å²) in [7, 11) is 0. The molecule has 1 spiro atoms. The van der Waals surface area contributed by atoms with Gasteiger partial charge in [0.15, 0.2) is 0 Å². The Morgan fingerprint density at radius 3 is 1.66 bits per heavy atom. The van der Waals surface area contributed by atoms with Crippen molar-refractivity contribution >= 4 is 34.7 Å². The van der Waals surface area contributed by atoms with Crippen molar-refractivity contribution in [3.05, 3.63) is 251 Å². The van der Waals surface area contributed by atoms with Crippen LogP contribution in [0.2, 0.25) is 0 Å². The Kier molecular flexibility index (Phi) is 8.19. The molecule has 264 valence electrons. The van der Waals surface area contributed by atoms with Gasteiger partial charge in [0.25, 0.3) is 0 Å². The van der Waals surface area contributed by atoms with Gasteiger partial charge in [0, 0.05) is 17.5 Å². The molecule has 56 heavy (non-hydrogen) atoms. The topological polar surface area (TPSA) is 39.5 Å². The fourth-order valence-electron chi connectivity index (χ4n) is 8.69. The van der Waals surface area contributed by atoms with Crippen LogP contribution in [0.5, 0.6) is 0 Å². The van der Waals surface area contributed by atoms with Crippen molar-refractivity contribution < 1.29 is 0 Å². The van der Waals surface area contributed by atoms with E-state index < -0.39 is 5.41 Å². The van der Waals surface area contributed by atoms with Gasteiger partial charge in [-0.1, -0.05) is 176 Å². The highest BCUT2D eigenvalue weighted by atomic mass is 15.2. The van der Waals surface area contributed by atoms with E-state index in [1.807, 2.05) is 60.8 Å². The Hall–Kier alpha value is -7.36. The zero-order valence-corrected chi connectivity index (χ0v) is 30.7. The molecule has 0 bridgehead atoms. The minimum Gasteiger partial charge on any atom is -0.310 e. The van der Waals surface area contributed by atoms with Gasteiger partial charge >= 0.3 is 0 Å². The average Bonchev–Trinajstić information content (AvgIpc) is 3.56. The molecule has 0 radical (unpaired) electrons. The number of nitrogens with one attached hydrogen (secondary N) is 1. The van der Waals surface area contributed by atoms with E-state index in [0.717, 1.165) is 50.6 Å². The zero-order chi connectivity index (χ0) is 37.5. The minimum atomic E-state index is -0.588. The van der Waals surface area contributed by atoms with Gasteiger partial charge in [-0.25, -0.2) is 0 Å². The molecule has 0 fully saturated rings.